The van der Waals surface area contributed by atoms with Crippen LogP contribution >= 0.6 is 15.6 Å². The summed E-state index contributed by atoms with van der Waals surface area (Å²) in [5.74, 6) is 0. The summed E-state index contributed by atoms with van der Waals surface area (Å²) in [6.07, 6.45) is 0. The van der Waals surface area contributed by atoms with Gasteiger partial charge in [-0.2, -0.15) is 0 Å². The summed E-state index contributed by atoms with van der Waals surface area (Å²) >= 11 is 0. The maximum atomic E-state index is 8.88. The van der Waals surface area contributed by atoms with Crippen LogP contribution in [0, 0.1) is 0 Å². The van der Waals surface area contributed by atoms with Gasteiger partial charge in [0, 0.05) is 35.6 Å². The average molecular weight is 310 g/mol. The Labute approximate surface area is 108 Å². The van der Waals surface area contributed by atoms with E-state index in [0.29, 0.717) is 0 Å². The van der Waals surface area contributed by atoms with Gasteiger partial charge >= 0.3 is 34.5 Å². The molecule has 78 valence electrons. The van der Waals surface area contributed by atoms with E-state index in [2.05, 4.69) is 0 Å². The first-order valence-corrected chi connectivity index (χ1v) is 4.70. The standard InChI is InChI=1S/Li.Mn.2H3O4P.V.H/c;;2*1-5(2,3)4;;/h;;2*(H3,1,2,3,4);;. The minimum absolute atomic E-state index is 0. The molecule has 6 N–H and O–H groups in total. The van der Waals surface area contributed by atoms with E-state index in [1.54, 1.807) is 0 Å². The minimum atomic E-state index is -4.64. The summed E-state index contributed by atoms with van der Waals surface area (Å²) in [5, 5.41) is 0. The maximum absolute atomic E-state index is 8.88. The van der Waals surface area contributed by atoms with Gasteiger partial charge in [0.15, 0.2) is 0 Å². The zero-order valence-electron chi connectivity index (χ0n) is 5.22. The molecule has 13 heteroatoms. The summed E-state index contributed by atoms with van der Waals surface area (Å²) in [6, 6.07) is 0. The molecule has 13 heavy (non-hydrogen) atoms. The Hall–Kier alpha value is 1.92. The number of phosphoric acid groups is 2. The fourth-order valence-electron chi connectivity index (χ4n) is 0. The molecule has 2 radical (unpaired) electrons. The van der Waals surface area contributed by atoms with Crippen molar-refractivity contribution in [2.75, 3.05) is 0 Å². The Kier molecular flexibility index (Phi) is 27.1. The van der Waals surface area contributed by atoms with E-state index in [9.17, 15) is 0 Å². The van der Waals surface area contributed by atoms with Gasteiger partial charge in [-0.1, -0.05) is 0 Å². The van der Waals surface area contributed by atoms with Gasteiger partial charge in [-0.15, -0.1) is 0 Å². The maximum Gasteiger partial charge on any atom is 0 e. The van der Waals surface area contributed by atoms with E-state index in [1.165, 1.54) is 0 Å². The van der Waals surface area contributed by atoms with Crippen LogP contribution < -0.4 is 0 Å². The van der Waals surface area contributed by atoms with Crippen molar-refractivity contribution in [2.45, 2.75) is 0 Å². The molecule has 0 aromatic heterocycles. The van der Waals surface area contributed by atoms with Crippen molar-refractivity contribution in [2.24, 2.45) is 0 Å². The topological polar surface area (TPSA) is 156 Å². The molecule has 0 aliphatic heterocycles. The third kappa shape index (κ3) is 536. The van der Waals surface area contributed by atoms with Gasteiger partial charge in [0.05, 0.1) is 0 Å². The molecular weight excluding hydrogens is 303 g/mol. The van der Waals surface area contributed by atoms with Crippen LogP contribution in [0.5, 0.6) is 0 Å². The van der Waals surface area contributed by atoms with E-state index in [0.717, 1.165) is 0 Å². The van der Waals surface area contributed by atoms with Crippen LogP contribution in [0.3, 0.4) is 0 Å². The zero-order chi connectivity index (χ0) is 9.00. The molecule has 0 saturated heterocycles. The Morgan fingerprint density at radius 1 is 0.692 bits per heavy atom. The minimum Gasteiger partial charge on any atom is 0 e. The molecule has 0 fully saturated rings. The smallest absolute Gasteiger partial charge is 0 e. The van der Waals surface area contributed by atoms with Crippen molar-refractivity contribution in [3.8, 4) is 0 Å². The van der Waals surface area contributed by atoms with E-state index < -0.39 is 15.6 Å². The second-order valence-electron chi connectivity index (χ2n) is 1.03. The van der Waals surface area contributed by atoms with Crippen LogP contribution in [0.2, 0.25) is 0 Å². The molecule has 0 aliphatic rings. The van der Waals surface area contributed by atoms with Gasteiger partial charge in [0.2, 0.25) is 0 Å². The number of rotatable bonds is 0. The molecular formula is H7LiMnO8P2V. The monoisotopic (exact) mass is 310 g/mol. The Bertz CT molecular complexity index is 134. The van der Waals surface area contributed by atoms with Crippen molar-refractivity contribution in [1.29, 1.82) is 0 Å². The van der Waals surface area contributed by atoms with E-state index in [-0.39, 0.29) is 54.5 Å². The fraction of sp³-hybridized carbons (Fsp3) is 0. The van der Waals surface area contributed by atoms with Crippen molar-refractivity contribution in [1.82, 2.24) is 0 Å². The van der Waals surface area contributed by atoms with E-state index in [4.69, 9.17) is 38.5 Å². The summed E-state index contributed by atoms with van der Waals surface area (Å²) in [7, 11) is -9.28. The average Bonchev–Trinajstić information content (AvgIpc) is 1.12. The molecule has 8 nitrogen and oxygen atoms in total. The zero-order valence-corrected chi connectivity index (χ0v) is 9.59. The molecule has 0 unspecified atom stereocenters. The largest absolute Gasteiger partial charge is 0 e. The van der Waals surface area contributed by atoms with Crippen molar-refractivity contribution in [3.63, 3.8) is 0 Å². The van der Waals surface area contributed by atoms with Gasteiger partial charge in [-0.3, -0.25) is 0 Å². The van der Waals surface area contributed by atoms with Crippen molar-refractivity contribution >= 4 is 34.5 Å². The van der Waals surface area contributed by atoms with Crippen molar-refractivity contribution < 1.29 is 74.1 Å². The molecule has 0 bridgehead atoms. The van der Waals surface area contributed by atoms with Gasteiger partial charge in [0.1, 0.15) is 0 Å². The van der Waals surface area contributed by atoms with Crippen LogP contribution in [0.25, 0.3) is 0 Å². The summed E-state index contributed by atoms with van der Waals surface area (Å²) in [6.45, 7) is 0. The molecule has 0 saturated carbocycles. The Balaban J connectivity index is -0.0000000267. The van der Waals surface area contributed by atoms with Gasteiger partial charge in [0.25, 0.3) is 0 Å². The van der Waals surface area contributed by atoms with Gasteiger partial charge < -0.3 is 29.4 Å². The molecule has 0 aliphatic carbocycles. The molecule has 0 aromatic rings. The fourth-order valence-corrected chi connectivity index (χ4v) is 0. The van der Waals surface area contributed by atoms with Crippen LogP contribution in [0.1, 0.15) is 0 Å². The van der Waals surface area contributed by atoms with Crippen LogP contribution in [-0.4, -0.2) is 48.2 Å². The first-order chi connectivity index (χ1) is 4.00. The second-order valence-corrected chi connectivity index (χ2v) is 3.08. The summed E-state index contributed by atoms with van der Waals surface area (Å²) < 4.78 is 17.8. The molecule has 0 rings (SSSR count). The Morgan fingerprint density at radius 3 is 0.692 bits per heavy atom. The molecule has 0 spiro atoms. The number of hydrogen-bond acceptors (Lipinski definition) is 2. The second kappa shape index (κ2) is 12.0. The number of hydrogen-bond donors (Lipinski definition) is 6. The summed E-state index contributed by atoms with van der Waals surface area (Å²) in [4.78, 5) is 43.1. The normalized spacial score (nSPS) is 9.08. The molecule has 0 aromatic carbocycles. The molecule has 0 heterocycles. The predicted octanol–water partition coefficient (Wildman–Crippen LogP) is -2.51. The molecule has 0 amide bonds. The van der Waals surface area contributed by atoms with Crippen LogP contribution in [0.15, 0.2) is 0 Å². The van der Waals surface area contributed by atoms with Crippen LogP contribution in [0.4, 0.5) is 0 Å². The Morgan fingerprint density at radius 2 is 0.692 bits per heavy atom. The van der Waals surface area contributed by atoms with E-state index >= 15 is 0 Å². The van der Waals surface area contributed by atoms with Gasteiger partial charge in [-0.25, -0.2) is 9.13 Å². The van der Waals surface area contributed by atoms with Gasteiger partial charge in [-0.05, 0) is 0 Å². The summed E-state index contributed by atoms with van der Waals surface area (Å²) in [5.41, 5.74) is 0. The predicted molar refractivity (Wildman–Crippen MR) is 35.7 cm³/mol. The first kappa shape index (κ1) is 29.4. The molecule has 0 atom stereocenters. The van der Waals surface area contributed by atoms with E-state index in [1.807, 2.05) is 0 Å². The first-order valence-electron chi connectivity index (χ1n) is 1.57. The van der Waals surface area contributed by atoms with Crippen molar-refractivity contribution in [3.05, 3.63) is 0 Å². The SMILES string of the molecule is O=P(O)(O)O.O=P(O)(O)O.[LiH].[Mn].[V]. The third-order valence-corrected chi connectivity index (χ3v) is 0. The van der Waals surface area contributed by atoms with Crippen LogP contribution in [-0.2, 0) is 44.8 Å². The quantitative estimate of drug-likeness (QED) is 0.212. The third-order valence-electron chi connectivity index (χ3n) is 0.